The quantitative estimate of drug-likeness (QED) is 0.0946. The van der Waals surface area contributed by atoms with Crippen LogP contribution in [0.15, 0.2) is 84.0 Å². The summed E-state index contributed by atoms with van der Waals surface area (Å²) in [4.78, 5) is 13.4. The van der Waals surface area contributed by atoms with Crippen molar-refractivity contribution in [3.63, 3.8) is 0 Å². The number of anilines is 1. The van der Waals surface area contributed by atoms with E-state index in [-0.39, 0.29) is 22.7 Å². The van der Waals surface area contributed by atoms with Crippen LogP contribution in [0.25, 0.3) is 78.7 Å². The van der Waals surface area contributed by atoms with Crippen LogP contribution in [-0.4, -0.2) is 32.8 Å². The van der Waals surface area contributed by atoms with Gasteiger partial charge in [0.25, 0.3) is 0 Å². The molecule has 0 fully saturated rings. The second-order valence-electron chi connectivity index (χ2n) is 18.8. The number of fused-ring (bicyclic) bond motifs is 11. The molecule has 0 saturated carbocycles. The van der Waals surface area contributed by atoms with Gasteiger partial charge in [-0.15, -0.1) is 0 Å². The smallest absolute Gasteiger partial charge is 0.200 e. The molecular formula is C58H22F20N6O. The van der Waals surface area contributed by atoms with Gasteiger partial charge in [0.05, 0.1) is 69.5 Å². The lowest BCUT2D eigenvalue weighted by Gasteiger charge is -2.25. The topological polar surface area (TPSA) is 82.2 Å². The van der Waals surface area contributed by atoms with E-state index in [1.807, 2.05) is 0 Å². The fourth-order valence-corrected chi connectivity index (χ4v) is 10.5. The van der Waals surface area contributed by atoms with E-state index in [1.165, 1.54) is 61.7 Å². The summed E-state index contributed by atoms with van der Waals surface area (Å²) in [6, 6.07) is 12.7. The van der Waals surface area contributed by atoms with Gasteiger partial charge in [-0.25, -0.2) is 92.8 Å². The number of halogens is 20. The van der Waals surface area contributed by atoms with Gasteiger partial charge in [-0.2, -0.15) is 5.10 Å². The van der Waals surface area contributed by atoms with Crippen LogP contribution in [0, 0.1) is 116 Å². The number of H-pyrrole nitrogens is 2. The number of aromatic amines is 2. The molecule has 6 heterocycles. The number of benzene rings is 6. The second-order valence-corrected chi connectivity index (χ2v) is 18.8. The monoisotopic (exact) mass is 1200 g/mol. The Morgan fingerprint density at radius 3 is 1.05 bits per heavy atom. The summed E-state index contributed by atoms with van der Waals surface area (Å²) in [7, 11) is 1.25. The van der Waals surface area contributed by atoms with Crippen LogP contribution in [0.1, 0.15) is 40.3 Å². The van der Waals surface area contributed by atoms with Crippen molar-refractivity contribution >= 4 is 45.6 Å². The SMILES string of the molecule is COc1ccc(C2=NN(c3ccccc3)[C@@H]3c4nc(c(-c5c(F)c(F)c(F)c(F)c5F)c5ccc([nH]5)c(-c5c(F)c(F)c(F)c(F)c5F)c5nc(c(-c6c(F)c(F)c(F)c(F)c6F)c6ccc([nH]6)c4-c4c(F)c(F)c(F)c(F)c4F)C=C5)[C@H]23)cc1. The number of methoxy groups -OCH3 is 1. The van der Waals surface area contributed by atoms with Gasteiger partial charge in [-0.3, -0.25) is 9.99 Å². The summed E-state index contributed by atoms with van der Waals surface area (Å²) in [6.45, 7) is 0. The largest absolute Gasteiger partial charge is 0.497 e. The third-order valence-electron chi connectivity index (χ3n) is 14.3. The Labute approximate surface area is 460 Å². The first-order chi connectivity index (χ1) is 40.5. The van der Waals surface area contributed by atoms with Gasteiger partial charge in [0.1, 0.15) is 11.8 Å². The molecule has 7 nitrogen and oxygen atoms in total. The number of aromatic nitrogens is 4. The Balaban J connectivity index is 1.40. The molecule has 0 radical (unpaired) electrons. The van der Waals surface area contributed by atoms with Gasteiger partial charge >= 0.3 is 0 Å². The minimum atomic E-state index is -2.75. The lowest BCUT2D eigenvalue weighted by atomic mass is 9.84. The van der Waals surface area contributed by atoms with Crippen LogP contribution in [0.5, 0.6) is 5.75 Å². The third kappa shape index (κ3) is 8.16. The zero-order chi connectivity index (χ0) is 60.7. The molecular weight excluding hydrogens is 1180 g/mol. The molecule has 6 aromatic carbocycles. The van der Waals surface area contributed by atoms with Crippen LogP contribution in [0.3, 0.4) is 0 Å². The van der Waals surface area contributed by atoms with Crippen molar-refractivity contribution in [2.75, 3.05) is 12.1 Å². The molecule has 430 valence electrons. The standard InChI is InChI=1S/C58H22F20N6O/c1-85-19-9-7-17(8-10-19)55-34-56-28(32-39(63)47(71)53(77)48(72)40(32)64)24-15-13-22(80-24)26(30-35(59)43(67)51(75)44(68)36(30)60)20-11-12-21(79-20)27(31-37(61)45(69)52(76)46(70)38(31)62)23-14-16-25(81-23)29(33-41(65)49(73)54(78)50(74)42(33)66)57(82-56)58(34)84(83-55)18-5-3-2-4-6-18/h2-16,34,58,80-81H,1H3/t34-,58-/m0/s1. The Hall–Kier alpha value is -9.95. The van der Waals surface area contributed by atoms with Crippen LogP contribution in [0.2, 0.25) is 0 Å². The summed E-state index contributed by atoms with van der Waals surface area (Å²) in [5, 5.41) is 5.72. The lowest BCUT2D eigenvalue weighted by Crippen LogP contribution is -2.22. The number of para-hydroxylation sites is 1. The third-order valence-corrected chi connectivity index (χ3v) is 14.3. The van der Waals surface area contributed by atoms with E-state index in [2.05, 4.69) is 19.9 Å². The van der Waals surface area contributed by atoms with Crippen LogP contribution in [0.4, 0.5) is 93.5 Å². The first-order valence-corrected chi connectivity index (χ1v) is 24.1. The summed E-state index contributed by atoms with van der Waals surface area (Å²) < 4.78 is 323. The maximum atomic E-state index is 16.9. The maximum Gasteiger partial charge on any atom is 0.200 e. The van der Waals surface area contributed by atoms with Gasteiger partial charge in [0.15, 0.2) is 93.1 Å². The van der Waals surface area contributed by atoms with E-state index >= 15 is 79.0 Å². The van der Waals surface area contributed by atoms with Crippen molar-refractivity contribution < 1.29 is 92.5 Å². The van der Waals surface area contributed by atoms with E-state index in [0.717, 1.165) is 5.01 Å². The fourth-order valence-electron chi connectivity index (χ4n) is 10.5. The Kier molecular flexibility index (Phi) is 13.2. The van der Waals surface area contributed by atoms with Crippen molar-refractivity contribution in [3.05, 3.63) is 224 Å². The highest BCUT2D eigenvalue weighted by molar-refractivity contribution is 6.10. The molecule has 2 atom stereocenters. The minimum absolute atomic E-state index is 0.0419. The average molecular weight is 1200 g/mol. The van der Waals surface area contributed by atoms with Gasteiger partial charge in [-0.05, 0) is 78.4 Å². The zero-order valence-electron chi connectivity index (χ0n) is 41.6. The molecule has 0 spiro atoms. The number of nitrogens with zero attached hydrogens (tertiary/aromatic N) is 4. The molecule has 85 heavy (non-hydrogen) atoms. The zero-order valence-corrected chi connectivity index (χ0v) is 41.6. The molecule has 0 amide bonds. The minimum Gasteiger partial charge on any atom is -0.497 e. The van der Waals surface area contributed by atoms with Crippen molar-refractivity contribution in [1.29, 1.82) is 0 Å². The number of ether oxygens (including phenoxy) is 1. The normalized spacial score (nSPS) is 14.6. The number of nitrogens with one attached hydrogen (secondary N) is 2. The first-order valence-electron chi connectivity index (χ1n) is 24.1. The summed E-state index contributed by atoms with van der Waals surface area (Å²) in [6.07, 6.45) is 1.22. The van der Waals surface area contributed by atoms with Crippen LogP contribution in [-0.2, 0) is 0 Å². The van der Waals surface area contributed by atoms with E-state index in [9.17, 15) is 8.78 Å². The summed E-state index contributed by atoms with van der Waals surface area (Å²) in [5.74, 6) is -55.1. The number of rotatable bonds is 7. The van der Waals surface area contributed by atoms with Crippen LogP contribution < -0.4 is 9.75 Å². The fraction of sp³-hybridized carbons (Fsp3) is 0.0517. The Bertz CT molecular complexity index is 4560. The van der Waals surface area contributed by atoms with Gasteiger partial charge in [-0.1, -0.05) is 18.2 Å². The number of hydrogen-bond acceptors (Lipinski definition) is 5. The molecule has 3 aliphatic rings. The summed E-state index contributed by atoms with van der Waals surface area (Å²) in [5.41, 5.74) is -21.4. The van der Waals surface area contributed by atoms with Gasteiger partial charge in [0.2, 0.25) is 23.3 Å². The highest BCUT2D eigenvalue weighted by Crippen LogP contribution is 2.55. The molecule has 3 aliphatic heterocycles. The van der Waals surface area contributed by atoms with E-state index in [1.54, 1.807) is 0 Å². The van der Waals surface area contributed by atoms with Crippen molar-refractivity contribution in [1.82, 2.24) is 19.9 Å². The molecule has 0 aliphatic carbocycles. The Morgan fingerprint density at radius 1 is 0.353 bits per heavy atom. The number of hydrazone groups is 1. The van der Waals surface area contributed by atoms with Crippen molar-refractivity contribution in [3.8, 4) is 50.3 Å². The van der Waals surface area contributed by atoms with Crippen LogP contribution >= 0.6 is 0 Å². The maximum absolute atomic E-state index is 16.9. The molecule has 9 aromatic rings. The molecule has 2 N–H and O–H groups in total. The first kappa shape index (κ1) is 55.6. The predicted molar refractivity (Wildman–Crippen MR) is 265 cm³/mol. The van der Waals surface area contributed by atoms with Crippen molar-refractivity contribution in [2.45, 2.75) is 12.0 Å². The molecule has 3 aromatic heterocycles. The highest BCUT2D eigenvalue weighted by Gasteiger charge is 2.50. The number of hydrogen-bond donors (Lipinski definition) is 2. The second kappa shape index (κ2) is 20.1. The molecule has 8 bridgehead atoms. The molecule has 0 saturated heterocycles. The van der Waals surface area contributed by atoms with Gasteiger partial charge < -0.3 is 14.7 Å². The van der Waals surface area contributed by atoms with E-state index in [0.29, 0.717) is 36.4 Å². The summed E-state index contributed by atoms with van der Waals surface area (Å²) >= 11 is 0. The Morgan fingerprint density at radius 2 is 0.682 bits per heavy atom. The lowest BCUT2D eigenvalue weighted by molar-refractivity contribution is 0.381. The molecule has 0 unspecified atom stereocenters. The highest BCUT2D eigenvalue weighted by atomic mass is 19.2. The molecule has 27 heteroatoms. The average Bonchev–Trinajstić information content (AvgIpc) is 1.63. The molecule has 12 rings (SSSR count). The van der Waals surface area contributed by atoms with Gasteiger partial charge in [0, 0.05) is 44.3 Å². The van der Waals surface area contributed by atoms with Crippen molar-refractivity contribution in [2.24, 2.45) is 5.10 Å². The van der Waals surface area contributed by atoms with E-state index in [4.69, 9.17) is 9.84 Å². The van der Waals surface area contributed by atoms with E-state index < -0.39 is 218 Å². The predicted octanol–water partition coefficient (Wildman–Crippen LogP) is 16.7.